The first-order valence-electron chi connectivity index (χ1n) is 6.84. The number of hydrogen-bond donors (Lipinski definition) is 2. The molecule has 0 spiro atoms. The fourth-order valence-corrected chi connectivity index (χ4v) is 3.04. The molecule has 1 heterocycles. The van der Waals surface area contributed by atoms with Crippen LogP contribution in [0.4, 0.5) is 0 Å². The maximum atomic E-state index is 11.4. The van der Waals surface area contributed by atoms with E-state index in [1.54, 1.807) is 0 Å². The molecule has 0 amide bonds. The van der Waals surface area contributed by atoms with Crippen LogP contribution in [0.2, 0.25) is 0 Å². The summed E-state index contributed by atoms with van der Waals surface area (Å²) in [7, 11) is 0. The Morgan fingerprint density at radius 1 is 1.41 bits per heavy atom. The van der Waals surface area contributed by atoms with Crippen LogP contribution in [-0.4, -0.2) is 40.6 Å². The van der Waals surface area contributed by atoms with E-state index in [0.29, 0.717) is 12.6 Å². The van der Waals surface area contributed by atoms with Crippen molar-refractivity contribution >= 4 is 5.97 Å². The van der Waals surface area contributed by atoms with Crippen molar-refractivity contribution in [1.82, 2.24) is 4.90 Å². The van der Waals surface area contributed by atoms with E-state index in [1.807, 2.05) is 0 Å². The highest BCUT2D eigenvalue weighted by Gasteiger charge is 2.49. The summed E-state index contributed by atoms with van der Waals surface area (Å²) in [6.07, 6.45) is 6.69. The third kappa shape index (κ3) is 2.63. The second kappa shape index (κ2) is 4.94. The van der Waals surface area contributed by atoms with Gasteiger partial charge in [0.05, 0.1) is 0 Å². The summed E-state index contributed by atoms with van der Waals surface area (Å²) in [6.45, 7) is 3.72. The quantitative estimate of drug-likeness (QED) is 0.763. The SMILES string of the molecule is CCC1CCCCN1CC(N)(C(=O)O)C1CC1. The van der Waals surface area contributed by atoms with Gasteiger partial charge in [-0.05, 0) is 44.6 Å². The van der Waals surface area contributed by atoms with Crippen molar-refractivity contribution in [2.24, 2.45) is 11.7 Å². The minimum Gasteiger partial charge on any atom is -0.480 e. The monoisotopic (exact) mass is 240 g/mol. The van der Waals surface area contributed by atoms with Crippen molar-refractivity contribution in [3.8, 4) is 0 Å². The van der Waals surface area contributed by atoms with Crippen LogP contribution in [0.5, 0.6) is 0 Å². The summed E-state index contributed by atoms with van der Waals surface area (Å²) < 4.78 is 0. The number of rotatable bonds is 5. The van der Waals surface area contributed by atoms with Gasteiger partial charge in [-0.15, -0.1) is 0 Å². The van der Waals surface area contributed by atoms with Crippen molar-refractivity contribution in [2.75, 3.05) is 13.1 Å². The highest BCUT2D eigenvalue weighted by atomic mass is 16.4. The first kappa shape index (κ1) is 12.8. The van der Waals surface area contributed by atoms with Crippen molar-refractivity contribution < 1.29 is 9.90 Å². The van der Waals surface area contributed by atoms with E-state index in [0.717, 1.165) is 25.8 Å². The molecule has 98 valence electrons. The van der Waals surface area contributed by atoms with Crippen molar-refractivity contribution in [1.29, 1.82) is 0 Å². The normalized spacial score (nSPS) is 29.9. The number of carboxylic acid groups (broad SMARTS) is 1. The minimum absolute atomic E-state index is 0.194. The van der Waals surface area contributed by atoms with Crippen LogP contribution >= 0.6 is 0 Å². The number of nitrogens with two attached hydrogens (primary N) is 1. The van der Waals surface area contributed by atoms with Crippen LogP contribution in [-0.2, 0) is 4.79 Å². The molecule has 2 rings (SSSR count). The lowest BCUT2D eigenvalue weighted by Gasteiger charge is -2.40. The molecule has 0 aromatic heterocycles. The molecule has 0 radical (unpaired) electrons. The van der Waals surface area contributed by atoms with E-state index >= 15 is 0 Å². The number of aliphatic carboxylic acids is 1. The van der Waals surface area contributed by atoms with Crippen LogP contribution in [0.15, 0.2) is 0 Å². The van der Waals surface area contributed by atoms with Gasteiger partial charge in [-0.2, -0.15) is 0 Å². The molecule has 0 bridgehead atoms. The number of likely N-dealkylation sites (tertiary alicyclic amines) is 1. The molecule has 2 atom stereocenters. The number of hydrogen-bond acceptors (Lipinski definition) is 3. The third-order valence-corrected chi connectivity index (χ3v) is 4.39. The van der Waals surface area contributed by atoms with Crippen molar-refractivity contribution in [3.05, 3.63) is 0 Å². The molecule has 0 aromatic rings. The standard InChI is InChI=1S/C13H24N2O2/c1-2-11-5-3-4-8-15(11)9-13(14,12(16)17)10-6-7-10/h10-11H,2-9,14H2,1H3,(H,16,17). The molecule has 1 aliphatic carbocycles. The van der Waals surface area contributed by atoms with Gasteiger partial charge < -0.3 is 10.8 Å². The van der Waals surface area contributed by atoms with Gasteiger partial charge in [0, 0.05) is 12.6 Å². The molecule has 1 saturated carbocycles. The van der Waals surface area contributed by atoms with Gasteiger partial charge in [0.2, 0.25) is 0 Å². The molecule has 4 nitrogen and oxygen atoms in total. The van der Waals surface area contributed by atoms with Crippen molar-refractivity contribution in [2.45, 2.75) is 57.0 Å². The number of carboxylic acids is 1. The van der Waals surface area contributed by atoms with Gasteiger partial charge in [0.1, 0.15) is 5.54 Å². The van der Waals surface area contributed by atoms with E-state index in [-0.39, 0.29) is 5.92 Å². The van der Waals surface area contributed by atoms with E-state index in [9.17, 15) is 9.90 Å². The van der Waals surface area contributed by atoms with Gasteiger partial charge in [0.25, 0.3) is 0 Å². The fraction of sp³-hybridized carbons (Fsp3) is 0.923. The second-order valence-corrected chi connectivity index (χ2v) is 5.65. The van der Waals surface area contributed by atoms with Crippen molar-refractivity contribution in [3.63, 3.8) is 0 Å². The summed E-state index contributed by atoms with van der Waals surface area (Å²) in [4.78, 5) is 13.7. The molecular formula is C13H24N2O2. The lowest BCUT2D eigenvalue weighted by molar-refractivity contribution is -0.145. The number of carbonyl (C=O) groups is 1. The van der Waals surface area contributed by atoms with Gasteiger partial charge in [-0.1, -0.05) is 13.3 Å². The van der Waals surface area contributed by atoms with E-state index in [1.165, 1.54) is 19.3 Å². The van der Waals surface area contributed by atoms with Gasteiger partial charge >= 0.3 is 5.97 Å². The molecule has 4 heteroatoms. The van der Waals surface area contributed by atoms with E-state index in [4.69, 9.17) is 5.73 Å². The Labute approximate surface area is 103 Å². The molecule has 1 aliphatic heterocycles. The molecule has 3 N–H and O–H groups in total. The highest BCUT2D eigenvalue weighted by molar-refractivity contribution is 5.79. The first-order valence-corrected chi connectivity index (χ1v) is 6.84. The molecule has 17 heavy (non-hydrogen) atoms. The van der Waals surface area contributed by atoms with E-state index in [2.05, 4.69) is 11.8 Å². The molecule has 0 aromatic carbocycles. The minimum atomic E-state index is -1.01. The smallest absolute Gasteiger partial charge is 0.325 e. The molecular weight excluding hydrogens is 216 g/mol. The van der Waals surface area contributed by atoms with Crippen LogP contribution in [0.25, 0.3) is 0 Å². The zero-order valence-corrected chi connectivity index (χ0v) is 10.7. The summed E-state index contributed by atoms with van der Waals surface area (Å²) >= 11 is 0. The molecule has 2 fully saturated rings. The number of nitrogens with zero attached hydrogens (tertiary/aromatic N) is 1. The average molecular weight is 240 g/mol. The highest BCUT2D eigenvalue weighted by Crippen LogP contribution is 2.39. The van der Waals surface area contributed by atoms with Crippen LogP contribution in [0, 0.1) is 5.92 Å². The molecule has 2 unspecified atom stereocenters. The van der Waals surface area contributed by atoms with Crippen LogP contribution in [0.1, 0.15) is 45.4 Å². The first-order chi connectivity index (χ1) is 8.08. The largest absolute Gasteiger partial charge is 0.480 e. The fourth-order valence-electron chi connectivity index (χ4n) is 3.04. The average Bonchev–Trinajstić information content (AvgIpc) is 3.13. The Morgan fingerprint density at radius 2 is 2.12 bits per heavy atom. The van der Waals surface area contributed by atoms with Crippen LogP contribution < -0.4 is 5.73 Å². The second-order valence-electron chi connectivity index (χ2n) is 5.65. The zero-order valence-electron chi connectivity index (χ0n) is 10.7. The Kier molecular flexibility index (Phi) is 3.73. The summed E-state index contributed by atoms with van der Waals surface area (Å²) in [5.41, 5.74) is 5.14. The molecule has 2 aliphatic rings. The summed E-state index contributed by atoms with van der Waals surface area (Å²) in [6, 6.07) is 0.532. The third-order valence-electron chi connectivity index (χ3n) is 4.39. The topological polar surface area (TPSA) is 66.6 Å². The summed E-state index contributed by atoms with van der Waals surface area (Å²) in [5.74, 6) is -0.625. The Bertz CT molecular complexity index is 291. The van der Waals surface area contributed by atoms with Gasteiger partial charge in [-0.3, -0.25) is 9.69 Å². The molecule has 1 saturated heterocycles. The predicted octanol–water partition coefficient (Wildman–Crippen LogP) is 1.44. The summed E-state index contributed by atoms with van der Waals surface area (Å²) in [5, 5.41) is 9.38. The number of piperidine rings is 1. The lowest BCUT2D eigenvalue weighted by Crippen LogP contribution is -2.60. The zero-order chi connectivity index (χ0) is 12.5. The predicted molar refractivity (Wildman–Crippen MR) is 66.8 cm³/mol. The Hall–Kier alpha value is -0.610. The van der Waals surface area contributed by atoms with Crippen LogP contribution in [0.3, 0.4) is 0 Å². The van der Waals surface area contributed by atoms with Gasteiger partial charge in [0.15, 0.2) is 0 Å². The maximum absolute atomic E-state index is 11.4. The Balaban J connectivity index is 2.03. The maximum Gasteiger partial charge on any atom is 0.325 e. The lowest BCUT2D eigenvalue weighted by atomic mass is 9.90. The Morgan fingerprint density at radius 3 is 2.65 bits per heavy atom. The van der Waals surface area contributed by atoms with Gasteiger partial charge in [-0.25, -0.2) is 0 Å². The van der Waals surface area contributed by atoms with E-state index < -0.39 is 11.5 Å².